The molecule has 35 heavy (non-hydrogen) atoms. The lowest BCUT2D eigenvalue weighted by molar-refractivity contribution is -0.141. The van der Waals surface area contributed by atoms with Gasteiger partial charge in [-0.15, -0.1) is 11.3 Å². The molecule has 0 radical (unpaired) electrons. The van der Waals surface area contributed by atoms with Crippen LogP contribution in [0.1, 0.15) is 27.8 Å². The van der Waals surface area contributed by atoms with Gasteiger partial charge in [0.25, 0.3) is 0 Å². The van der Waals surface area contributed by atoms with Gasteiger partial charge in [0.1, 0.15) is 23.4 Å². The zero-order chi connectivity index (χ0) is 24.6. The fraction of sp³-hybridized carbons (Fsp3) is 0.185. The van der Waals surface area contributed by atoms with E-state index in [9.17, 15) is 14.0 Å². The minimum atomic E-state index is -1.19. The zero-order valence-corrected chi connectivity index (χ0v) is 20.0. The molecule has 6 nitrogen and oxygen atoms in total. The minimum absolute atomic E-state index is 0.0200. The summed E-state index contributed by atoms with van der Waals surface area (Å²) in [6.45, 7) is 0.230. The summed E-state index contributed by atoms with van der Waals surface area (Å²) >= 11 is 1.45. The van der Waals surface area contributed by atoms with Gasteiger partial charge >= 0.3 is 0 Å². The number of amides is 2. The number of hydrogen-bond donors (Lipinski definition) is 1. The van der Waals surface area contributed by atoms with Crippen molar-refractivity contribution in [2.24, 2.45) is 0 Å². The molecule has 0 saturated heterocycles. The Balaban J connectivity index is 1.64. The number of carbonyl (C=O) groups is 2. The number of benzene rings is 2. The maximum Gasteiger partial charge on any atom is 0.247 e. The lowest BCUT2D eigenvalue weighted by atomic mass is 10.0. The third-order valence-corrected chi connectivity index (χ3v) is 6.39. The zero-order valence-electron chi connectivity index (χ0n) is 19.1. The van der Waals surface area contributed by atoms with Gasteiger partial charge in [-0.2, -0.15) is 0 Å². The lowest BCUT2D eigenvalue weighted by Gasteiger charge is -2.31. The molecule has 0 saturated carbocycles. The van der Waals surface area contributed by atoms with E-state index >= 15 is 0 Å². The number of thiophene rings is 1. The van der Waals surface area contributed by atoms with Crippen LogP contribution in [0.5, 0.6) is 5.75 Å². The van der Waals surface area contributed by atoms with E-state index in [4.69, 9.17) is 9.15 Å². The van der Waals surface area contributed by atoms with Crippen molar-refractivity contribution < 1.29 is 23.1 Å². The SMILES string of the molecule is COc1ccc(CNC(=O)C(c2ccccc2F)N(Cc2ccco2)C(=O)Cc2cccs2)cc1. The number of halogens is 1. The quantitative estimate of drug-likeness (QED) is 0.334. The van der Waals surface area contributed by atoms with E-state index in [0.29, 0.717) is 11.5 Å². The first kappa shape index (κ1) is 24.2. The largest absolute Gasteiger partial charge is 0.497 e. The highest BCUT2D eigenvalue weighted by atomic mass is 32.1. The molecule has 0 spiro atoms. The van der Waals surface area contributed by atoms with Gasteiger partial charge in [-0.25, -0.2) is 4.39 Å². The van der Waals surface area contributed by atoms with Gasteiger partial charge in [-0.1, -0.05) is 36.4 Å². The number of methoxy groups -OCH3 is 1. The van der Waals surface area contributed by atoms with Crippen LogP contribution in [0.3, 0.4) is 0 Å². The Morgan fingerprint density at radius 3 is 2.51 bits per heavy atom. The predicted octanol–water partition coefficient (Wildman–Crippen LogP) is 5.12. The maximum absolute atomic E-state index is 15.0. The van der Waals surface area contributed by atoms with Gasteiger partial charge < -0.3 is 19.4 Å². The van der Waals surface area contributed by atoms with Crippen LogP contribution in [0, 0.1) is 5.82 Å². The molecule has 2 aromatic carbocycles. The van der Waals surface area contributed by atoms with Crippen molar-refractivity contribution in [3.05, 3.63) is 112 Å². The summed E-state index contributed by atoms with van der Waals surface area (Å²) in [4.78, 5) is 29.3. The van der Waals surface area contributed by atoms with Gasteiger partial charge in [-0.05, 0) is 47.3 Å². The smallest absolute Gasteiger partial charge is 0.247 e. The van der Waals surface area contributed by atoms with E-state index in [1.165, 1.54) is 34.6 Å². The summed E-state index contributed by atoms with van der Waals surface area (Å²) in [6, 6.07) is 19.2. The molecule has 1 N–H and O–H groups in total. The highest BCUT2D eigenvalue weighted by Crippen LogP contribution is 2.28. The standard InChI is InChI=1S/C27H25FN2O4S/c1-33-20-12-10-19(11-13-20)17-29-27(32)26(23-8-2-3-9-24(23)28)30(18-21-6-4-14-34-21)25(31)16-22-7-5-15-35-22/h2-15,26H,16-18H2,1H3,(H,29,32). The monoisotopic (exact) mass is 492 g/mol. The van der Waals surface area contributed by atoms with E-state index in [-0.39, 0.29) is 31.0 Å². The average molecular weight is 493 g/mol. The second kappa shape index (κ2) is 11.5. The van der Waals surface area contributed by atoms with Crippen LogP contribution >= 0.6 is 11.3 Å². The first-order valence-corrected chi connectivity index (χ1v) is 11.9. The molecule has 2 heterocycles. The first-order valence-electron chi connectivity index (χ1n) is 11.0. The Morgan fingerprint density at radius 2 is 1.86 bits per heavy atom. The summed E-state index contributed by atoms with van der Waals surface area (Å²) in [7, 11) is 1.58. The molecule has 0 aliphatic rings. The number of nitrogens with one attached hydrogen (secondary N) is 1. The van der Waals surface area contributed by atoms with Gasteiger partial charge in [-0.3, -0.25) is 9.59 Å². The van der Waals surface area contributed by atoms with Crippen molar-refractivity contribution >= 4 is 23.2 Å². The normalized spacial score (nSPS) is 11.6. The van der Waals surface area contributed by atoms with Crippen molar-refractivity contribution in [2.75, 3.05) is 7.11 Å². The average Bonchev–Trinajstić information content (AvgIpc) is 3.58. The fourth-order valence-corrected chi connectivity index (χ4v) is 4.43. The van der Waals surface area contributed by atoms with E-state index in [1.807, 2.05) is 29.6 Å². The molecular weight excluding hydrogens is 467 g/mol. The molecule has 0 fully saturated rings. The van der Waals surface area contributed by atoms with Crippen molar-refractivity contribution in [3.63, 3.8) is 0 Å². The molecule has 180 valence electrons. The molecule has 8 heteroatoms. The van der Waals surface area contributed by atoms with E-state index in [1.54, 1.807) is 43.5 Å². The Hall–Kier alpha value is -3.91. The number of furan rings is 1. The summed E-state index contributed by atoms with van der Waals surface area (Å²) in [6.07, 6.45) is 1.59. The number of hydrogen-bond acceptors (Lipinski definition) is 5. The third kappa shape index (κ3) is 6.16. The van der Waals surface area contributed by atoms with E-state index < -0.39 is 17.8 Å². The van der Waals surface area contributed by atoms with Crippen LogP contribution in [0.25, 0.3) is 0 Å². The molecule has 4 aromatic rings. The van der Waals surface area contributed by atoms with Gasteiger partial charge in [0, 0.05) is 17.0 Å². The van der Waals surface area contributed by atoms with Crippen molar-refractivity contribution in [1.82, 2.24) is 10.2 Å². The first-order chi connectivity index (χ1) is 17.0. The number of carbonyl (C=O) groups excluding carboxylic acids is 2. The predicted molar refractivity (Wildman–Crippen MR) is 131 cm³/mol. The van der Waals surface area contributed by atoms with Gasteiger partial charge in [0.2, 0.25) is 11.8 Å². The van der Waals surface area contributed by atoms with E-state index in [2.05, 4.69) is 5.32 Å². The topological polar surface area (TPSA) is 71.8 Å². The van der Waals surface area contributed by atoms with Crippen molar-refractivity contribution in [2.45, 2.75) is 25.6 Å². The maximum atomic E-state index is 15.0. The fourth-order valence-electron chi connectivity index (χ4n) is 3.73. The van der Waals surface area contributed by atoms with Crippen LogP contribution in [0.15, 0.2) is 88.9 Å². The lowest BCUT2D eigenvalue weighted by Crippen LogP contribution is -2.44. The Morgan fingerprint density at radius 1 is 1.06 bits per heavy atom. The van der Waals surface area contributed by atoms with Crippen LogP contribution in [-0.4, -0.2) is 23.8 Å². The molecule has 0 aliphatic carbocycles. The van der Waals surface area contributed by atoms with Crippen molar-refractivity contribution in [1.29, 1.82) is 0 Å². The molecular formula is C27H25FN2O4S. The van der Waals surface area contributed by atoms with E-state index in [0.717, 1.165) is 10.4 Å². The van der Waals surface area contributed by atoms with Crippen LogP contribution in [0.4, 0.5) is 4.39 Å². The molecule has 2 amide bonds. The molecule has 1 atom stereocenters. The van der Waals surface area contributed by atoms with Crippen LogP contribution in [-0.2, 0) is 29.1 Å². The summed E-state index contributed by atoms with van der Waals surface area (Å²) in [5, 5.41) is 4.75. The van der Waals surface area contributed by atoms with Crippen LogP contribution < -0.4 is 10.1 Å². The second-order valence-electron chi connectivity index (χ2n) is 7.85. The molecule has 2 aromatic heterocycles. The highest BCUT2D eigenvalue weighted by Gasteiger charge is 2.34. The Bertz CT molecular complexity index is 1240. The minimum Gasteiger partial charge on any atom is -0.497 e. The highest BCUT2D eigenvalue weighted by molar-refractivity contribution is 7.10. The molecule has 0 aliphatic heterocycles. The number of rotatable bonds is 10. The molecule has 4 rings (SSSR count). The molecule has 0 bridgehead atoms. The summed E-state index contributed by atoms with van der Waals surface area (Å²) in [5.41, 5.74) is 0.958. The Labute approximate surface area is 207 Å². The second-order valence-corrected chi connectivity index (χ2v) is 8.88. The summed E-state index contributed by atoms with van der Waals surface area (Å²) in [5.74, 6) is -0.166. The Kier molecular flexibility index (Phi) is 7.95. The molecule has 1 unspecified atom stereocenters. The van der Waals surface area contributed by atoms with Gasteiger partial charge in [0.05, 0.1) is 26.3 Å². The third-order valence-electron chi connectivity index (χ3n) is 5.52. The van der Waals surface area contributed by atoms with Crippen LogP contribution in [0.2, 0.25) is 0 Å². The number of nitrogens with zero attached hydrogens (tertiary/aromatic N) is 1. The number of ether oxygens (including phenoxy) is 1. The van der Waals surface area contributed by atoms with Crippen molar-refractivity contribution in [3.8, 4) is 5.75 Å². The summed E-state index contributed by atoms with van der Waals surface area (Å²) < 4.78 is 25.6. The van der Waals surface area contributed by atoms with Gasteiger partial charge in [0.15, 0.2) is 0 Å².